The maximum absolute atomic E-state index is 10.9. The molecule has 0 N–H and O–H groups in total. The molecule has 0 aliphatic rings. The van der Waals surface area contributed by atoms with Gasteiger partial charge in [-0.15, -0.1) is 5.10 Å². The Morgan fingerprint density at radius 3 is 1.96 bits per heavy atom. The summed E-state index contributed by atoms with van der Waals surface area (Å²) in [6.07, 6.45) is 1.91. The van der Waals surface area contributed by atoms with Crippen molar-refractivity contribution in [3.8, 4) is 5.69 Å². The fraction of sp³-hybridized carbons (Fsp3) is 0. The van der Waals surface area contributed by atoms with Crippen LogP contribution in [-0.4, -0.2) is 25.1 Å². The van der Waals surface area contributed by atoms with Crippen molar-refractivity contribution in [2.75, 3.05) is 0 Å². The molecule has 0 spiro atoms. The van der Waals surface area contributed by atoms with Gasteiger partial charge in [-0.05, 0) is 45.3 Å². The smallest absolute Gasteiger partial charge is 0.258 e. The van der Waals surface area contributed by atoms with Gasteiger partial charge in [0.1, 0.15) is 0 Å². The standard InChI is InChI=1S/C21H15N5O2/c27-26(28)19-13-11-18(12-14-19)25-21(22-23-24-25)15-20(16-7-3-1-4-8-16)17-9-5-2-6-10-17/h1-15H. The van der Waals surface area contributed by atoms with Crippen LogP contribution in [0.4, 0.5) is 5.69 Å². The molecule has 0 bridgehead atoms. The predicted molar refractivity (Wildman–Crippen MR) is 106 cm³/mol. The van der Waals surface area contributed by atoms with Crippen LogP contribution < -0.4 is 0 Å². The lowest BCUT2D eigenvalue weighted by Crippen LogP contribution is -2.01. The van der Waals surface area contributed by atoms with E-state index in [4.69, 9.17) is 0 Å². The second-order valence-electron chi connectivity index (χ2n) is 6.01. The summed E-state index contributed by atoms with van der Waals surface area (Å²) in [6.45, 7) is 0. The molecule has 7 heteroatoms. The Morgan fingerprint density at radius 1 is 0.857 bits per heavy atom. The highest BCUT2D eigenvalue weighted by Crippen LogP contribution is 2.26. The lowest BCUT2D eigenvalue weighted by atomic mass is 9.97. The van der Waals surface area contributed by atoms with Crippen molar-refractivity contribution in [3.05, 3.63) is 112 Å². The third-order valence-corrected chi connectivity index (χ3v) is 4.24. The quantitative estimate of drug-likeness (QED) is 0.389. The minimum atomic E-state index is -0.437. The van der Waals surface area contributed by atoms with E-state index in [1.54, 1.807) is 16.8 Å². The molecule has 4 rings (SSSR count). The van der Waals surface area contributed by atoms with Gasteiger partial charge in [0.15, 0.2) is 5.82 Å². The van der Waals surface area contributed by atoms with Gasteiger partial charge < -0.3 is 0 Å². The Morgan fingerprint density at radius 2 is 1.43 bits per heavy atom. The van der Waals surface area contributed by atoms with Gasteiger partial charge >= 0.3 is 0 Å². The van der Waals surface area contributed by atoms with E-state index in [0.29, 0.717) is 11.5 Å². The number of hydrogen-bond acceptors (Lipinski definition) is 5. The average Bonchev–Trinajstić information content (AvgIpc) is 3.21. The fourth-order valence-corrected chi connectivity index (χ4v) is 2.88. The third kappa shape index (κ3) is 3.54. The predicted octanol–water partition coefficient (Wildman–Crippen LogP) is 4.16. The Bertz CT molecular complexity index is 1080. The van der Waals surface area contributed by atoms with Gasteiger partial charge in [0.2, 0.25) is 0 Å². The highest BCUT2D eigenvalue weighted by atomic mass is 16.6. The van der Waals surface area contributed by atoms with Crippen molar-refractivity contribution in [1.29, 1.82) is 0 Å². The molecule has 0 saturated heterocycles. The second kappa shape index (κ2) is 7.63. The van der Waals surface area contributed by atoms with E-state index >= 15 is 0 Å². The number of tetrazole rings is 1. The van der Waals surface area contributed by atoms with E-state index in [1.165, 1.54) is 12.1 Å². The maximum atomic E-state index is 10.9. The monoisotopic (exact) mass is 369 g/mol. The van der Waals surface area contributed by atoms with Crippen LogP contribution in [0.5, 0.6) is 0 Å². The van der Waals surface area contributed by atoms with Crippen molar-refractivity contribution >= 4 is 17.3 Å². The molecule has 7 nitrogen and oxygen atoms in total. The summed E-state index contributed by atoms with van der Waals surface area (Å²) in [6, 6.07) is 26.1. The molecule has 28 heavy (non-hydrogen) atoms. The first-order valence-corrected chi connectivity index (χ1v) is 8.58. The number of hydrogen-bond donors (Lipinski definition) is 0. The molecule has 136 valence electrons. The Kier molecular flexibility index (Phi) is 4.71. The molecule has 0 radical (unpaired) electrons. The van der Waals surface area contributed by atoms with Crippen LogP contribution in [0.2, 0.25) is 0 Å². The number of nitro groups is 1. The minimum absolute atomic E-state index is 0.0168. The largest absolute Gasteiger partial charge is 0.269 e. The van der Waals surface area contributed by atoms with Crippen LogP contribution in [0.3, 0.4) is 0 Å². The number of benzene rings is 3. The first-order chi connectivity index (χ1) is 13.7. The van der Waals surface area contributed by atoms with Gasteiger partial charge in [-0.3, -0.25) is 10.1 Å². The lowest BCUT2D eigenvalue weighted by Gasteiger charge is -2.09. The summed E-state index contributed by atoms with van der Waals surface area (Å²) in [7, 11) is 0. The van der Waals surface area contributed by atoms with E-state index < -0.39 is 4.92 Å². The van der Waals surface area contributed by atoms with Crippen LogP contribution >= 0.6 is 0 Å². The SMILES string of the molecule is O=[N+]([O-])c1ccc(-n2nnnc2C=C(c2ccccc2)c2ccccc2)cc1. The van der Waals surface area contributed by atoms with E-state index in [9.17, 15) is 10.1 Å². The number of rotatable bonds is 5. The summed E-state index contributed by atoms with van der Waals surface area (Å²) in [5.74, 6) is 0.525. The molecular formula is C21H15N5O2. The molecule has 0 saturated carbocycles. The summed E-state index contributed by atoms with van der Waals surface area (Å²) in [4.78, 5) is 10.4. The van der Waals surface area contributed by atoms with Gasteiger partial charge in [0.05, 0.1) is 10.6 Å². The molecule has 1 aromatic heterocycles. The highest BCUT2D eigenvalue weighted by molar-refractivity contribution is 5.90. The molecule has 0 fully saturated rings. The van der Waals surface area contributed by atoms with Crippen LogP contribution in [0.25, 0.3) is 17.3 Å². The van der Waals surface area contributed by atoms with Gasteiger partial charge in [-0.2, -0.15) is 4.68 Å². The number of non-ortho nitro benzene ring substituents is 1. The van der Waals surface area contributed by atoms with E-state index in [2.05, 4.69) is 15.5 Å². The zero-order valence-electron chi connectivity index (χ0n) is 14.7. The number of nitrogens with zero attached hydrogens (tertiary/aromatic N) is 5. The Hall–Kier alpha value is -4.13. The third-order valence-electron chi connectivity index (χ3n) is 4.24. The first-order valence-electron chi connectivity index (χ1n) is 8.58. The molecule has 0 amide bonds. The van der Waals surface area contributed by atoms with Crippen molar-refractivity contribution in [2.45, 2.75) is 0 Å². The fourth-order valence-electron chi connectivity index (χ4n) is 2.88. The summed E-state index contributed by atoms with van der Waals surface area (Å²) in [5.41, 5.74) is 3.70. The van der Waals surface area contributed by atoms with E-state index in [1.807, 2.05) is 66.7 Å². The summed E-state index contributed by atoms with van der Waals surface area (Å²) in [5, 5.41) is 22.8. The van der Waals surface area contributed by atoms with Gasteiger partial charge in [-0.25, -0.2) is 0 Å². The molecule has 0 aliphatic heterocycles. The van der Waals surface area contributed by atoms with Crippen LogP contribution in [-0.2, 0) is 0 Å². The zero-order chi connectivity index (χ0) is 19.3. The second-order valence-corrected chi connectivity index (χ2v) is 6.01. The molecule has 3 aromatic carbocycles. The summed E-state index contributed by atoms with van der Waals surface area (Å²) < 4.78 is 1.55. The van der Waals surface area contributed by atoms with Crippen molar-refractivity contribution in [1.82, 2.24) is 20.2 Å². The van der Waals surface area contributed by atoms with Crippen molar-refractivity contribution in [3.63, 3.8) is 0 Å². The average molecular weight is 369 g/mol. The van der Waals surface area contributed by atoms with Crippen LogP contribution in [0.1, 0.15) is 17.0 Å². The molecule has 0 atom stereocenters. The normalized spacial score (nSPS) is 10.4. The molecule has 0 unspecified atom stereocenters. The topological polar surface area (TPSA) is 86.7 Å². The zero-order valence-corrected chi connectivity index (χ0v) is 14.7. The molecular weight excluding hydrogens is 354 g/mol. The Labute approximate surface area is 160 Å². The van der Waals surface area contributed by atoms with E-state index in [-0.39, 0.29) is 5.69 Å². The van der Waals surface area contributed by atoms with Crippen LogP contribution in [0.15, 0.2) is 84.9 Å². The van der Waals surface area contributed by atoms with Crippen LogP contribution in [0, 0.1) is 10.1 Å². The van der Waals surface area contributed by atoms with E-state index in [0.717, 1.165) is 16.7 Å². The first kappa shape index (κ1) is 17.3. The highest BCUT2D eigenvalue weighted by Gasteiger charge is 2.12. The Balaban J connectivity index is 1.80. The maximum Gasteiger partial charge on any atom is 0.269 e. The number of nitro benzene ring substituents is 1. The molecule has 0 aliphatic carbocycles. The molecule has 4 aromatic rings. The van der Waals surface area contributed by atoms with Gasteiger partial charge in [0.25, 0.3) is 5.69 Å². The number of aromatic nitrogens is 4. The van der Waals surface area contributed by atoms with Crippen molar-refractivity contribution in [2.24, 2.45) is 0 Å². The lowest BCUT2D eigenvalue weighted by molar-refractivity contribution is -0.384. The minimum Gasteiger partial charge on any atom is -0.258 e. The summed E-state index contributed by atoms with van der Waals surface area (Å²) >= 11 is 0. The van der Waals surface area contributed by atoms with Gasteiger partial charge in [-0.1, -0.05) is 60.7 Å². The van der Waals surface area contributed by atoms with Gasteiger partial charge in [0, 0.05) is 12.1 Å². The van der Waals surface area contributed by atoms with Crippen molar-refractivity contribution < 1.29 is 4.92 Å². The molecule has 1 heterocycles.